The van der Waals surface area contributed by atoms with Gasteiger partial charge in [0.25, 0.3) is 5.89 Å². The molecular formula is C24H16ClN3O2S. The van der Waals surface area contributed by atoms with Crippen LogP contribution in [0.5, 0.6) is 0 Å². The van der Waals surface area contributed by atoms with E-state index in [1.54, 1.807) is 0 Å². The maximum Gasteiger partial charge on any atom is 0.271 e. The molecule has 0 radical (unpaired) electrons. The second kappa shape index (κ2) is 8.41. The van der Waals surface area contributed by atoms with Crippen LogP contribution in [0.4, 0.5) is 0 Å². The van der Waals surface area contributed by atoms with E-state index >= 15 is 0 Å². The van der Waals surface area contributed by atoms with E-state index in [4.69, 9.17) is 20.4 Å². The zero-order chi connectivity index (χ0) is 21.2. The van der Waals surface area contributed by atoms with Crippen molar-refractivity contribution in [1.82, 2.24) is 15.2 Å². The van der Waals surface area contributed by atoms with E-state index in [1.165, 1.54) is 11.8 Å². The second-order valence-electron chi connectivity index (χ2n) is 6.86. The molecule has 0 spiro atoms. The van der Waals surface area contributed by atoms with Gasteiger partial charge in [0.1, 0.15) is 0 Å². The Balaban J connectivity index is 1.55. The van der Waals surface area contributed by atoms with E-state index < -0.39 is 0 Å². The molecule has 0 unspecified atom stereocenters. The molecule has 0 N–H and O–H groups in total. The molecule has 2 aromatic heterocycles. The lowest BCUT2D eigenvalue weighted by atomic mass is 10.1. The van der Waals surface area contributed by atoms with Crippen molar-refractivity contribution in [3.05, 3.63) is 89.4 Å². The first kappa shape index (κ1) is 19.6. The van der Waals surface area contributed by atoms with E-state index in [-0.39, 0.29) is 0 Å². The summed E-state index contributed by atoms with van der Waals surface area (Å²) in [4.78, 5) is 5.63. The maximum absolute atomic E-state index is 6.11. The molecule has 0 saturated carbocycles. The molecule has 0 saturated heterocycles. The first-order valence-electron chi connectivity index (χ1n) is 9.56. The van der Waals surface area contributed by atoms with Gasteiger partial charge in [0, 0.05) is 21.0 Å². The number of oxazole rings is 1. The Labute approximate surface area is 188 Å². The Morgan fingerprint density at radius 2 is 1.39 bits per heavy atom. The summed E-state index contributed by atoms with van der Waals surface area (Å²) in [6.07, 6.45) is 0. The number of benzene rings is 3. The lowest BCUT2D eigenvalue weighted by Crippen LogP contribution is -1.82. The van der Waals surface area contributed by atoms with Gasteiger partial charge in [0.2, 0.25) is 11.8 Å². The molecule has 0 aliphatic heterocycles. The van der Waals surface area contributed by atoms with Gasteiger partial charge in [-0.15, -0.1) is 10.2 Å². The molecular weight excluding hydrogens is 430 g/mol. The second-order valence-corrected chi connectivity index (χ2v) is 8.34. The third kappa shape index (κ3) is 4.26. The van der Waals surface area contributed by atoms with Crippen molar-refractivity contribution in [2.24, 2.45) is 0 Å². The fourth-order valence-electron chi connectivity index (χ4n) is 2.96. The van der Waals surface area contributed by atoms with Gasteiger partial charge in [-0.05, 0) is 67.2 Å². The fraction of sp³-hybridized carbons (Fsp3) is 0.0417. The quantitative estimate of drug-likeness (QED) is 0.285. The van der Waals surface area contributed by atoms with Crippen LogP contribution in [0.25, 0.3) is 34.5 Å². The SMILES string of the molecule is Cc1ccc(-c2nnc(-c3nc(-c4ccccc4)oc3Sc3ccc(Cl)cc3)o2)cc1. The average molecular weight is 446 g/mol. The molecule has 0 aliphatic carbocycles. The highest BCUT2D eigenvalue weighted by atomic mass is 35.5. The smallest absolute Gasteiger partial charge is 0.271 e. The lowest BCUT2D eigenvalue weighted by Gasteiger charge is -1.99. The van der Waals surface area contributed by atoms with Crippen molar-refractivity contribution in [3.63, 3.8) is 0 Å². The van der Waals surface area contributed by atoms with Gasteiger partial charge in [-0.1, -0.05) is 47.5 Å². The fourth-order valence-corrected chi connectivity index (χ4v) is 3.92. The number of rotatable bonds is 5. The predicted octanol–water partition coefficient (Wildman–Crippen LogP) is 7.17. The Hall–Kier alpha value is -3.35. The molecule has 0 aliphatic rings. The van der Waals surface area contributed by atoms with E-state index in [1.807, 2.05) is 85.8 Å². The van der Waals surface area contributed by atoms with E-state index in [0.29, 0.717) is 33.5 Å². The van der Waals surface area contributed by atoms with Crippen LogP contribution in [0.2, 0.25) is 5.02 Å². The first-order valence-corrected chi connectivity index (χ1v) is 10.8. The van der Waals surface area contributed by atoms with Crippen LogP contribution >= 0.6 is 23.4 Å². The summed E-state index contributed by atoms with van der Waals surface area (Å²) >= 11 is 7.44. The van der Waals surface area contributed by atoms with Gasteiger partial charge in [-0.25, -0.2) is 4.98 Å². The zero-order valence-electron chi connectivity index (χ0n) is 16.4. The van der Waals surface area contributed by atoms with Crippen LogP contribution in [0.1, 0.15) is 5.56 Å². The molecule has 5 rings (SSSR count). The molecule has 7 heteroatoms. The van der Waals surface area contributed by atoms with Crippen LogP contribution in [-0.4, -0.2) is 15.2 Å². The van der Waals surface area contributed by atoms with Crippen molar-refractivity contribution in [1.29, 1.82) is 0 Å². The highest BCUT2D eigenvalue weighted by Gasteiger charge is 2.23. The Bertz CT molecular complexity index is 1310. The van der Waals surface area contributed by atoms with Crippen LogP contribution in [-0.2, 0) is 0 Å². The molecule has 3 aromatic carbocycles. The Morgan fingerprint density at radius 3 is 2.13 bits per heavy atom. The molecule has 0 amide bonds. The number of aryl methyl sites for hydroxylation is 1. The Morgan fingerprint density at radius 1 is 0.710 bits per heavy atom. The van der Waals surface area contributed by atoms with Gasteiger partial charge in [0.15, 0.2) is 10.8 Å². The molecule has 2 heterocycles. The number of hydrogen-bond acceptors (Lipinski definition) is 6. The van der Waals surface area contributed by atoms with Crippen molar-refractivity contribution >= 4 is 23.4 Å². The van der Waals surface area contributed by atoms with Crippen molar-refractivity contribution in [2.75, 3.05) is 0 Å². The van der Waals surface area contributed by atoms with Gasteiger partial charge < -0.3 is 8.83 Å². The summed E-state index contributed by atoms with van der Waals surface area (Å²) in [6.45, 7) is 2.03. The number of aromatic nitrogens is 3. The lowest BCUT2D eigenvalue weighted by molar-refractivity contribution is 0.482. The molecule has 5 aromatic rings. The first-order chi connectivity index (χ1) is 15.2. The normalized spacial score (nSPS) is 11.0. The minimum absolute atomic E-state index is 0.304. The standard InChI is InChI=1S/C24H16ClN3O2S/c1-15-7-9-17(10-8-15)22-27-28-23(29-22)20-24(31-19-13-11-18(25)12-14-19)30-21(26-20)16-5-3-2-4-6-16/h2-14H,1H3. The summed E-state index contributed by atoms with van der Waals surface area (Å²) in [6, 6.07) is 25.1. The number of hydrogen-bond donors (Lipinski definition) is 0. The molecule has 0 fully saturated rings. The summed E-state index contributed by atoms with van der Waals surface area (Å²) in [5.41, 5.74) is 3.38. The van der Waals surface area contributed by atoms with Gasteiger partial charge in [-0.3, -0.25) is 0 Å². The van der Waals surface area contributed by atoms with Crippen LogP contribution < -0.4 is 0 Å². The van der Waals surface area contributed by atoms with Crippen LogP contribution in [0.15, 0.2) is 97.7 Å². The molecule has 5 nitrogen and oxygen atoms in total. The number of halogens is 1. The van der Waals surface area contributed by atoms with E-state index in [2.05, 4.69) is 15.2 Å². The summed E-state index contributed by atoms with van der Waals surface area (Å²) in [7, 11) is 0. The van der Waals surface area contributed by atoms with Gasteiger partial charge in [0.05, 0.1) is 0 Å². The zero-order valence-corrected chi connectivity index (χ0v) is 18.0. The number of nitrogens with zero attached hydrogens (tertiary/aromatic N) is 3. The van der Waals surface area contributed by atoms with Gasteiger partial charge in [-0.2, -0.15) is 0 Å². The average Bonchev–Trinajstić information content (AvgIpc) is 3.44. The largest absolute Gasteiger partial charge is 0.429 e. The van der Waals surface area contributed by atoms with Gasteiger partial charge >= 0.3 is 0 Å². The maximum atomic E-state index is 6.11. The van der Waals surface area contributed by atoms with Crippen molar-refractivity contribution < 1.29 is 8.83 Å². The topological polar surface area (TPSA) is 65.0 Å². The molecule has 0 atom stereocenters. The minimum Gasteiger partial charge on any atom is -0.429 e. The van der Waals surface area contributed by atoms with Crippen molar-refractivity contribution in [3.8, 4) is 34.5 Å². The molecule has 31 heavy (non-hydrogen) atoms. The predicted molar refractivity (Wildman–Crippen MR) is 121 cm³/mol. The molecule has 152 valence electrons. The van der Waals surface area contributed by atoms with Crippen molar-refractivity contribution in [2.45, 2.75) is 16.9 Å². The highest BCUT2D eigenvalue weighted by molar-refractivity contribution is 7.99. The van der Waals surface area contributed by atoms with E-state index in [0.717, 1.165) is 21.6 Å². The minimum atomic E-state index is 0.304. The summed E-state index contributed by atoms with van der Waals surface area (Å²) < 4.78 is 12.1. The highest BCUT2D eigenvalue weighted by Crippen LogP contribution is 2.39. The van der Waals surface area contributed by atoms with E-state index in [9.17, 15) is 0 Å². The Kier molecular flexibility index (Phi) is 5.32. The molecule has 0 bridgehead atoms. The monoisotopic (exact) mass is 445 g/mol. The summed E-state index contributed by atoms with van der Waals surface area (Å²) in [5, 5.41) is 9.69. The third-order valence-electron chi connectivity index (χ3n) is 4.57. The van der Waals surface area contributed by atoms with Crippen LogP contribution in [0, 0.1) is 6.92 Å². The third-order valence-corrected chi connectivity index (χ3v) is 5.79. The van der Waals surface area contributed by atoms with Crippen LogP contribution in [0.3, 0.4) is 0 Å². The summed E-state index contributed by atoms with van der Waals surface area (Å²) in [5.74, 6) is 1.22.